The zero-order valence-electron chi connectivity index (χ0n) is 21.6. The van der Waals surface area contributed by atoms with Gasteiger partial charge < -0.3 is 9.30 Å². The fourth-order valence-corrected chi connectivity index (χ4v) is 5.51. The number of amides is 1. The number of carbonyl (C=O) groups is 1. The third kappa shape index (κ3) is 5.71. The molecule has 0 atom stereocenters. The van der Waals surface area contributed by atoms with Gasteiger partial charge in [-0.15, -0.1) is 0 Å². The first-order valence-corrected chi connectivity index (χ1v) is 13.3. The van der Waals surface area contributed by atoms with Crippen molar-refractivity contribution in [3.8, 4) is 11.4 Å². The average Bonchev–Trinajstić information content (AvgIpc) is 3.28. The summed E-state index contributed by atoms with van der Waals surface area (Å²) in [4.78, 5) is 20.3. The number of aliphatic imine (C=N–C) groups is 1. The molecule has 0 bridgehead atoms. The Hall–Kier alpha value is -2.96. The normalized spacial score (nSPS) is 16.2. The van der Waals surface area contributed by atoms with Crippen molar-refractivity contribution in [1.82, 2.24) is 9.47 Å². The van der Waals surface area contributed by atoms with Crippen molar-refractivity contribution in [1.29, 1.82) is 0 Å². The molecule has 7 heteroatoms. The van der Waals surface area contributed by atoms with E-state index in [1.54, 1.807) is 4.90 Å². The Labute approximate surface area is 222 Å². The summed E-state index contributed by atoms with van der Waals surface area (Å²) in [5.41, 5.74) is 5.32. The molecule has 0 aliphatic carbocycles. The minimum absolute atomic E-state index is 0.0152. The van der Waals surface area contributed by atoms with Crippen LogP contribution in [-0.2, 0) is 11.4 Å². The maximum atomic E-state index is 13.2. The van der Waals surface area contributed by atoms with Crippen molar-refractivity contribution in [2.45, 2.75) is 60.2 Å². The molecular weight excluding hydrogens is 490 g/mol. The zero-order chi connectivity index (χ0) is 26.0. The number of nitrogens with zero attached hydrogens (tertiary/aromatic N) is 3. The Bertz CT molecular complexity index is 1310. The summed E-state index contributed by atoms with van der Waals surface area (Å²) < 4.78 is 8.13. The van der Waals surface area contributed by atoms with Gasteiger partial charge in [0.1, 0.15) is 12.4 Å². The van der Waals surface area contributed by atoms with Gasteiger partial charge in [0.25, 0.3) is 5.91 Å². The van der Waals surface area contributed by atoms with E-state index >= 15 is 0 Å². The van der Waals surface area contributed by atoms with Crippen LogP contribution in [-0.4, -0.2) is 32.6 Å². The molecule has 1 aliphatic heterocycles. The summed E-state index contributed by atoms with van der Waals surface area (Å²) in [5, 5.41) is 1.49. The third-order valence-corrected chi connectivity index (χ3v) is 7.14. The Morgan fingerprint density at radius 1 is 1.03 bits per heavy atom. The van der Waals surface area contributed by atoms with Gasteiger partial charge in [-0.25, -0.2) is 0 Å². The second-order valence-corrected chi connectivity index (χ2v) is 10.9. The van der Waals surface area contributed by atoms with Crippen molar-refractivity contribution in [3.63, 3.8) is 0 Å². The smallest absolute Gasteiger partial charge is 0.266 e. The number of aryl methyl sites for hydroxylation is 1. The quantitative estimate of drug-likeness (QED) is 0.304. The molecule has 1 saturated heterocycles. The highest BCUT2D eigenvalue weighted by Crippen LogP contribution is 2.35. The molecule has 1 aromatic heterocycles. The molecule has 0 radical (unpaired) electrons. The van der Waals surface area contributed by atoms with Gasteiger partial charge in [-0.05, 0) is 113 Å². The van der Waals surface area contributed by atoms with Gasteiger partial charge in [0, 0.05) is 34.2 Å². The fourth-order valence-electron chi connectivity index (χ4n) is 4.16. The number of halogens is 1. The van der Waals surface area contributed by atoms with Crippen molar-refractivity contribution >= 4 is 40.5 Å². The number of aromatic nitrogens is 1. The first kappa shape index (κ1) is 26.1. The highest BCUT2D eigenvalue weighted by atomic mass is 35.5. The molecule has 0 saturated carbocycles. The van der Waals surface area contributed by atoms with Crippen LogP contribution in [0.15, 0.2) is 64.5 Å². The van der Waals surface area contributed by atoms with Gasteiger partial charge in [-0.2, -0.15) is 0 Å². The van der Waals surface area contributed by atoms with Crippen LogP contribution in [0, 0.1) is 13.8 Å². The van der Waals surface area contributed by atoms with Crippen LogP contribution in [0.1, 0.15) is 50.2 Å². The lowest BCUT2D eigenvalue weighted by Gasteiger charge is -2.20. The highest BCUT2D eigenvalue weighted by Gasteiger charge is 2.35. The van der Waals surface area contributed by atoms with E-state index in [4.69, 9.17) is 16.3 Å². The molecule has 4 rings (SSSR count). The van der Waals surface area contributed by atoms with Crippen LogP contribution in [0.5, 0.6) is 5.75 Å². The second-order valence-electron chi connectivity index (χ2n) is 9.46. The van der Waals surface area contributed by atoms with Gasteiger partial charge in [-0.3, -0.25) is 14.7 Å². The van der Waals surface area contributed by atoms with Crippen molar-refractivity contribution in [2.24, 2.45) is 4.99 Å². The predicted molar refractivity (Wildman–Crippen MR) is 151 cm³/mol. The van der Waals surface area contributed by atoms with Crippen molar-refractivity contribution in [2.75, 3.05) is 0 Å². The topological polar surface area (TPSA) is 46.8 Å². The van der Waals surface area contributed by atoms with E-state index in [1.165, 1.54) is 11.8 Å². The summed E-state index contributed by atoms with van der Waals surface area (Å²) >= 11 is 7.42. The van der Waals surface area contributed by atoms with E-state index in [9.17, 15) is 4.79 Å². The summed E-state index contributed by atoms with van der Waals surface area (Å²) in [6, 6.07) is 18.0. The lowest BCUT2D eigenvalue weighted by atomic mass is 10.2. The highest BCUT2D eigenvalue weighted by molar-refractivity contribution is 8.18. The fraction of sp³-hybridized carbons (Fsp3) is 0.310. The number of hydrogen-bond acceptors (Lipinski definition) is 4. The van der Waals surface area contributed by atoms with Gasteiger partial charge >= 0.3 is 0 Å². The number of benzene rings is 2. The molecule has 5 nitrogen and oxygen atoms in total. The van der Waals surface area contributed by atoms with Crippen LogP contribution in [0.2, 0.25) is 5.02 Å². The summed E-state index contributed by atoms with van der Waals surface area (Å²) in [6.45, 7) is 12.7. The minimum atomic E-state index is 0.0152. The average molecular weight is 522 g/mol. The number of amidine groups is 1. The molecule has 1 fully saturated rings. The van der Waals surface area contributed by atoms with E-state index in [-0.39, 0.29) is 18.0 Å². The number of thioether (sulfide) groups is 1. The van der Waals surface area contributed by atoms with E-state index in [2.05, 4.69) is 41.6 Å². The summed E-state index contributed by atoms with van der Waals surface area (Å²) in [7, 11) is 0. The number of carbonyl (C=O) groups excluding carboxylic acids is 1. The molecule has 0 unspecified atom stereocenters. The maximum Gasteiger partial charge on any atom is 0.266 e. The Morgan fingerprint density at radius 2 is 1.69 bits per heavy atom. The first-order valence-electron chi connectivity index (χ1n) is 12.1. The second kappa shape index (κ2) is 11.0. The lowest BCUT2D eigenvalue weighted by molar-refractivity contribution is -0.123. The van der Waals surface area contributed by atoms with Gasteiger partial charge in [0.15, 0.2) is 5.17 Å². The summed E-state index contributed by atoms with van der Waals surface area (Å²) in [5.74, 6) is 0.818. The van der Waals surface area contributed by atoms with Crippen LogP contribution in [0.25, 0.3) is 11.8 Å². The van der Waals surface area contributed by atoms with E-state index < -0.39 is 0 Å². The molecule has 1 amide bonds. The van der Waals surface area contributed by atoms with Gasteiger partial charge in [0.2, 0.25) is 0 Å². The molecule has 188 valence electrons. The largest absolute Gasteiger partial charge is 0.489 e. The van der Waals surface area contributed by atoms with Crippen molar-refractivity contribution in [3.05, 3.63) is 87.0 Å². The number of rotatable bonds is 7. The molecule has 0 spiro atoms. The standard InChI is InChI=1S/C29H32ClN3O2S/c1-18(2)31-29-32(19(3)4)28(34)27(36-29)16-23-15-20(5)33(21(23)6)25-11-13-26(14-12-25)35-17-22-7-9-24(30)10-8-22/h7-16,18-19H,17H2,1-6H3/b27-16+,31-29?. The minimum Gasteiger partial charge on any atom is -0.489 e. The molecule has 3 aromatic rings. The van der Waals surface area contributed by atoms with Crippen LogP contribution in [0.3, 0.4) is 0 Å². The maximum absolute atomic E-state index is 13.2. The molecule has 36 heavy (non-hydrogen) atoms. The summed E-state index contributed by atoms with van der Waals surface area (Å²) in [6.07, 6.45) is 1.99. The molecule has 1 aliphatic rings. The first-order chi connectivity index (χ1) is 17.1. The van der Waals surface area contributed by atoms with Gasteiger partial charge in [0.05, 0.1) is 4.91 Å². The van der Waals surface area contributed by atoms with E-state index in [0.717, 1.165) is 39.1 Å². The van der Waals surface area contributed by atoms with E-state index in [1.807, 2.05) is 70.2 Å². The van der Waals surface area contributed by atoms with Crippen LogP contribution < -0.4 is 4.74 Å². The zero-order valence-corrected chi connectivity index (χ0v) is 23.2. The molecule has 0 N–H and O–H groups in total. The molecule has 2 heterocycles. The number of ether oxygens (including phenoxy) is 1. The van der Waals surface area contributed by atoms with E-state index in [0.29, 0.717) is 16.5 Å². The third-order valence-electron chi connectivity index (χ3n) is 5.89. The molecular formula is C29H32ClN3O2S. The predicted octanol–water partition coefficient (Wildman–Crippen LogP) is 7.42. The monoisotopic (exact) mass is 521 g/mol. The Morgan fingerprint density at radius 3 is 2.31 bits per heavy atom. The van der Waals surface area contributed by atoms with Gasteiger partial charge in [-0.1, -0.05) is 23.7 Å². The van der Waals surface area contributed by atoms with Crippen molar-refractivity contribution < 1.29 is 9.53 Å². The SMILES string of the molecule is Cc1cc(/C=C2/SC(=NC(C)C)N(C(C)C)C2=O)c(C)n1-c1ccc(OCc2ccc(Cl)cc2)cc1. The van der Waals surface area contributed by atoms with Crippen LogP contribution in [0.4, 0.5) is 0 Å². The molecule has 2 aromatic carbocycles. The van der Waals surface area contributed by atoms with Crippen LogP contribution >= 0.6 is 23.4 Å². The number of hydrogen-bond donors (Lipinski definition) is 0. The Kier molecular flexibility index (Phi) is 7.96. The lowest BCUT2D eigenvalue weighted by Crippen LogP contribution is -2.35. The Balaban J connectivity index is 1.55.